The summed E-state index contributed by atoms with van der Waals surface area (Å²) in [5.74, 6) is 0.898. The van der Waals surface area contributed by atoms with Crippen LogP contribution < -0.4 is 10.1 Å². The first-order valence-corrected chi connectivity index (χ1v) is 10.3. The van der Waals surface area contributed by atoms with Gasteiger partial charge in [0, 0.05) is 24.5 Å². The van der Waals surface area contributed by atoms with E-state index in [-0.39, 0.29) is 24.3 Å². The summed E-state index contributed by atoms with van der Waals surface area (Å²) in [7, 11) is -1.63. The number of nitrogens with zero attached hydrogens (tertiary/aromatic N) is 1. The molecule has 1 saturated heterocycles. The van der Waals surface area contributed by atoms with Crippen molar-refractivity contribution in [3.8, 4) is 5.75 Å². The number of carbonyl (C=O) groups is 1. The average molecular weight is 374 g/mol. The fourth-order valence-corrected chi connectivity index (χ4v) is 3.85. The van der Waals surface area contributed by atoms with E-state index in [1.807, 2.05) is 24.3 Å². The summed E-state index contributed by atoms with van der Waals surface area (Å²) in [5, 5.41) is 2.79. The Morgan fingerprint density at radius 3 is 3.00 bits per heavy atom. The first kappa shape index (κ1) is 19.0. The van der Waals surface area contributed by atoms with Crippen molar-refractivity contribution in [2.24, 2.45) is 0 Å². The zero-order valence-electron chi connectivity index (χ0n) is 13.7. The Morgan fingerprint density at radius 1 is 1.50 bits per heavy atom. The Labute approximate surface area is 146 Å². The molecule has 0 aromatic heterocycles. The number of nitrogens with one attached hydrogen (secondary N) is 1. The van der Waals surface area contributed by atoms with Crippen molar-refractivity contribution >= 4 is 27.7 Å². The second kappa shape index (κ2) is 8.70. The van der Waals surface area contributed by atoms with Gasteiger partial charge in [0.15, 0.2) is 0 Å². The maximum absolute atomic E-state index is 11.9. The van der Waals surface area contributed by atoms with Gasteiger partial charge in [0.2, 0.25) is 15.9 Å². The highest BCUT2D eigenvalue weighted by Crippen LogP contribution is 2.22. The van der Waals surface area contributed by atoms with Crippen LogP contribution in [0.5, 0.6) is 5.75 Å². The molecule has 1 atom stereocenters. The van der Waals surface area contributed by atoms with Crippen LogP contribution >= 0.6 is 11.8 Å². The number of benzene rings is 1. The van der Waals surface area contributed by atoms with Gasteiger partial charge in [-0.25, -0.2) is 8.42 Å². The molecule has 0 aliphatic carbocycles. The lowest BCUT2D eigenvalue weighted by Gasteiger charge is -2.31. The summed E-state index contributed by atoms with van der Waals surface area (Å²) in [6.07, 6.45) is 0.859. The second-order valence-electron chi connectivity index (χ2n) is 5.39. The van der Waals surface area contributed by atoms with E-state index in [1.54, 1.807) is 7.11 Å². The van der Waals surface area contributed by atoms with Crippen molar-refractivity contribution in [2.45, 2.75) is 11.0 Å². The summed E-state index contributed by atoms with van der Waals surface area (Å²) in [5.41, 5.74) is 0. The predicted octanol–water partition coefficient (Wildman–Crippen LogP) is 0.564. The molecule has 0 saturated carbocycles. The number of rotatable bonds is 7. The van der Waals surface area contributed by atoms with E-state index in [9.17, 15) is 13.2 Å². The minimum Gasteiger partial charge on any atom is -0.497 e. The normalized spacial score (nSPS) is 19.0. The molecular weight excluding hydrogens is 352 g/mol. The molecule has 0 radical (unpaired) electrons. The van der Waals surface area contributed by atoms with Crippen LogP contribution in [0.3, 0.4) is 0 Å². The molecular formula is C15H22N2O5S2. The lowest BCUT2D eigenvalue weighted by Crippen LogP contribution is -2.49. The predicted molar refractivity (Wildman–Crippen MR) is 92.9 cm³/mol. The highest BCUT2D eigenvalue weighted by molar-refractivity contribution is 8.00. The lowest BCUT2D eigenvalue weighted by molar-refractivity contribution is -0.119. The Hall–Kier alpha value is -1.29. The maximum Gasteiger partial charge on any atom is 0.230 e. The standard InChI is InChI=1S/C15H22N2O5S2/c1-21-12-4-3-5-14(8-12)23-11-15(18)16-9-13-10-17(6-7-22-13)24(2,19)20/h3-5,8,13H,6-7,9-11H2,1-2H3,(H,16,18). The zero-order valence-corrected chi connectivity index (χ0v) is 15.4. The van der Waals surface area contributed by atoms with Gasteiger partial charge in [0.25, 0.3) is 0 Å². The fraction of sp³-hybridized carbons (Fsp3) is 0.533. The average Bonchev–Trinajstić information content (AvgIpc) is 2.58. The third-order valence-electron chi connectivity index (χ3n) is 3.51. The molecule has 1 fully saturated rings. The molecule has 1 unspecified atom stereocenters. The summed E-state index contributed by atoms with van der Waals surface area (Å²) in [6, 6.07) is 7.49. The van der Waals surface area contributed by atoms with Crippen LogP contribution in [-0.2, 0) is 19.6 Å². The van der Waals surface area contributed by atoms with E-state index in [0.29, 0.717) is 19.7 Å². The van der Waals surface area contributed by atoms with Crippen LogP contribution in [0, 0.1) is 0 Å². The van der Waals surface area contributed by atoms with Crippen LogP contribution in [0.1, 0.15) is 0 Å². The molecule has 1 aromatic carbocycles. The number of carbonyl (C=O) groups excluding carboxylic acids is 1. The van der Waals surface area contributed by atoms with Crippen molar-refractivity contribution < 1.29 is 22.7 Å². The molecule has 9 heteroatoms. The topological polar surface area (TPSA) is 84.9 Å². The van der Waals surface area contributed by atoms with Gasteiger partial charge >= 0.3 is 0 Å². The van der Waals surface area contributed by atoms with E-state index >= 15 is 0 Å². The quantitative estimate of drug-likeness (QED) is 0.702. The molecule has 1 aromatic rings. The third kappa shape index (κ3) is 5.97. The summed E-state index contributed by atoms with van der Waals surface area (Å²) in [6.45, 7) is 1.26. The first-order chi connectivity index (χ1) is 11.4. The monoisotopic (exact) mass is 374 g/mol. The van der Waals surface area contributed by atoms with E-state index in [4.69, 9.17) is 9.47 Å². The Kier molecular flexibility index (Phi) is 6.90. The number of hydrogen-bond donors (Lipinski definition) is 1. The van der Waals surface area contributed by atoms with Crippen molar-refractivity contribution in [3.63, 3.8) is 0 Å². The Morgan fingerprint density at radius 2 is 2.29 bits per heavy atom. The van der Waals surface area contributed by atoms with Gasteiger partial charge in [-0.05, 0) is 18.2 Å². The second-order valence-corrected chi connectivity index (χ2v) is 8.42. The van der Waals surface area contributed by atoms with E-state index in [1.165, 1.54) is 22.3 Å². The molecule has 1 amide bonds. The number of methoxy groups -OCH3 is 1. The SMILES string of the molecule is COc1cccc(SCC(=O)NCC2CN(S(C)(=O)=O)CCO2)c1. The van der Waals surface area contributed by atoms with Crippen LogP contribution in [0.25, 0.3) is 0 Å². The van der Waals surface area contributed by atoms with Gasteiger partial charge in [-0.2, -0.15) is 4.31 Å². The molecule has 1 aliphatic rings. The van der Waals surface area contributed by atoms with Crippen molar-refractivity contribution in [1.82, 2.24) is 9.62 Å². The fourth-order valence-electron chi connectivity index (χ4n) is 2.24. The van der Waals surface area contributed by atoms with Crippen LogP contribution in [-0.4, -0.2) is 70.1 Å². The summed E-state index contributed by atoms with van der Waals surface area (Å²) < 4.78 is 35.1. The van der Waals surface area contributed by atoms with Gasteiger partial charge in [0.05, 0.1) is 31.8 Å². The molecule has 1 N–H and O–H groups in total. The molecule has 134 valence electrons. The highest BCUT2D eigenvalue weighted by Gasteiger charge is 2.26. The molecule has 1 aliphatic heterocycles. The smallest absolute Gasteiger partial charge is 0.230 e. The summed E-state index contributed by atoms with van der Waals surface area (Å²) >= 11 is 1.41. The van der Waals surface area contributed by atoms with Gasteiger partial charge in [-0.15, -0.1) is 11.8 Å². The van der Waals surface area contributed by atoms with Crippen molar-refractivity contribution in [2.75, 3.05) is 45.4 Å². The van der Waals surface area contributed by atoms with Crippen LogP contribution in [0.2, 0.25) is 0 Å². The summed E-state index contributed by atoms with van der Waals surface area (Å²) in [4.78, 5) is 12.9. The van der Waals surface area contributed by atoms with Crippen molar-refractivity contribution in [3.05, 3.63) is 24.3 Å². The number of ether oxygens (including phenoxy) is 2. The maximum atomic E-state index is 11.9. The van der Waals surface area contributed by atoms with Gasteiger partial charge < -0.3 is 14.8 Å². The lowest BCUT2D eigenvalue weighted by atomic mass is 10.3. The van der Waals surface area contributed by atoms with E-state index in [0.717, 1.165) is 10.6 Å². The van der Waals surface area contributed by atoms with Gasteiger partial charge in [-0.1, -0.05) is 6.07 Å². The number of hydrogen-bond acceptors (Lipinski definition) is 6. The van der Waals surface area contributed by atoms with Gasteiger partial charge in [0.1, 0.15) is 5.75 Å². The van der Waals surface area contributed by atoms with Crippen LogP contribution in [0.15, 0.2) is 29.2 Å². The van der Waals surface area contributed by atoms with Crippen molar-refractivity contribution in [1.29, 1.82) is 0 Å². The molecule has 24 heavy (non-hydrogen) atoms. The molecule has 1 heterocycles. The number of thioether (sulfide) groups is 1. The van der Waals surface area contributed by atoms with Crippen LogP contribution in [0.4, 0.5) is 0 Å². The van der Waals surface area contributed by atoms with E-state index < -0.39 is 10.0 Å². The molecule has 7 nitrogen and oxygen atoms in total. The minimum absolute atomic E-state index is 0.122. The third-order valence-corrected chi connectivity index (χ3v) is 5.77. The molecule has 2 rings (SSSR count). The zero-order chi connectivity index (χ0) is 17.6. The number of sulfonamides is 1. The molecule has 0 bridgehead atoms. The Balaban J connectivity index is 1.74. The minimum atomic E-state index is -3.23. The van der Waals surface area contributed by atoms with Gasteiger partial charge in [-0.3, -0.25) is 4.79 Å². The number of morpholine rings is 1. The largest absolute Gasteiger partial charge is 0.497 e. The number of amides is 1. The Bertz CT molecular complexity index is 666. The van der Waals surface area contributed by atoms with E-state index in [2.05, 4.69) is 5.32 Å². The first-order valence-electron chi connectivity index (χ1n) is 7.49. The molecule has 0 spiro atoms. The highest BCUT2D eigenvalue weighted by atomic mass is 32.2.